The second kappa shape index (κ2) is 5.62. The number of urea groups is 1. The Kier molecular flexibility index (Phi) is 3.85. The molecule has 5 nitrogen and oxygen atoms in total. The van der Waals surface area contributed by atoms with E-state index in [0.717, 1.165) is 32.2 Å². The van der Waals surface area contributed by atoms with Crippen LogP contribution in [0.4, 0.5) is 4.79 Å². The van der Waals surface area contributed by atoms with Crippen molar-refractivity contribution in [2.45, 2.75) is 63.5 Å². The molecule has 0 aromatic heterocycles. The fourth-order valence-electron chi connectivity index (χ4n) is 3.91. The first kappa shape index (κ1) is 13.7. The van der Waals surface area contributed by atoms with E-state index in [1.54, 1.807) is 4.90 Å². The third-order valence-electron chi connectivity index (χ3n) is 5.03. The Morgan fingerprint density at radius 2 is 1.75 bits per heavy atom. The van der Waals surface area contributed by atoms with Crippen LogP contribution < -0.4 is 0 Å². The topological polar surface area (TPSA) is 60.9 Å². The van der Waals surface area contributed by atoms with Gasteiger partial charge in [-0.25, -0.2) is 4.79 Å². The maximum atomic E-state index is 12.7. The lowest BCUT2D eigenvalue weighted by molar-refractivity contribution is -0.137. The Morgan fingerprint density at radius 3 is 2.35 bits per heavy atom. The number of aliphatic carboxylic acids is 1. The van der Waals surface area contributed by atoms with E-state index >= 15 is 0 Å². The van der Waals surface area contributed by atoms with Gasteiger partial charge < -0.3 is 14.9 Å². The molecule has 112 valence electrons. The highest BCUT2D eigenvalue weighted by atomic mass is 16.4. The van der Waals surface area contributed by atoms with Gasteiger partial charge in [0.05, 0.1) is 0 Å². The van der Waals surface area contributed by atoms with E-state index in [4.69, 9.17) is 5.11 Å². The standard InChI is InChI=1S/C15H24N2O3/c18-14(19)10-17(12-7-8-12)15(20)16-9-3-6-13(16)11-4-1-2-5-11/h11-13H,1-10H2,(H,18,19). The van der Waals surface area contributed by atoms with Crippen molar-refractivity contribution >= 4 is 12.0 Å². The summed E-state index contributed by atoms with van der Waals surface area (Å²) in [6.45, 7) is 0.667. The van der Waals surface area contributed by atoms with Gasteiger partial charge in [0.1, 0.15) is 6.54 Å². The summed E-state index contributed by atoms with van der Waals surface area (Å²) >= 11 is 0. The molecule has 2 amide bonds. The van der Waals surface area contributed by atoms with Crippen molar-refractivity contribution in [3.8, 4) is 0 Å². The quantitative estimate of drug-likeness (QED) is 0.859. The normalized spacial score (nSPS) is 27.0. The lowest BCUT2D eigenvalue weighted by atomic mass is 9.96. The Hall–Kier alpha value is -1.26. The molecule has 5 heteroatoms. The van der Waals surface area contributed by atoms with E-state index in [9.17, 15) is 9.59 Å². The van der Waals surface area contributed by atoms with Gasteiger partial charge in [-0.15, -0.1) is 0 Å². The van der Waals surface area contributed by atoms with Crippen LogP contribution in [-0.2, 0) is 4.79 Å². The van der Waals surface area contributed by atoms with E-state index in [0.29, 0.717) is 12.0 Å². The Balaban J connectivity index is 1.68. The van der Waals surface area contributed by atoms with E-state index in [2.05, 4.69) is 0 Å². The Bertz CT molecular complexity index is 389. The maximum Gasteiger partial charge on any atom is 0.323 e. The highest BCUT2D eigenvalue weighted by molar-refractivity contribution is 5.81. The van der Waals surface area contributed by atoms with Crippen molar-refractivity contribution < 1.29 is 14.7 Å². The summed E-state index contributed by atoms with van der Waals surface area (Å²) in [6, 6.07) is 0.507. The number of nitrogens with zero attached hydrogens (tertiary/aromatic N) is 2. The molecule has 1 atom stereocenters. The largest absolute Gasteiger partial charge is 0.480 e. The number of hydrogen-bond acceptors (Lipinski definition) is 2. The summed E-state index contributed by atoms with van der Waals surface area (Å²) in [5, 5.41) is 9.02. The molecule has 3 rings (SSSR count). The predicted molar refractivity (Wildman–Crippen MR) is 74.4 cm³/mol. The van der Waals surface area contributed by atoms with Gasteiger partial charge in [0.2, 0.25) is 0 Å². The van der Waals surface area contributed by atoms with Crippen LogP contribution in [-0.4, -0.2) is 52.1 Å². The second-order valence-corrected chi connectivity index (χ2v) is 6.48. The minimum absolute atomic E-state index is 0.0238. The number of carbonyl (C=O) groups is 2. The van der Waals surface area contributed by atoms with Crippen LogP contribution in [0, 0.1) is 5.92 Å². The van der Waals surface area contributed by atoms with Crippen LogP contribution in [0.3, 0.4) is 0 Å². The minimum atomic E-state index is -0.901. The molecule has 3 fully saturated rings. The first-order valence-electron chi connectivity index (χ1n) is 7.96. The van der Waals surface area contributed by atoms with Crippen molar-refractivity contribution in [1.29, 1.82) is 0 Å². The van der Waals surface area contributed by atoms with Gasteiger partial charge in [0, 0.05) is 18.6 Å². The molecule has 0 bridgehead atoms. The van der Waals surface area contributed by atoms with E-state index in [-0.39, 0.29) is 18.6 Å². The average Bonchev–Trinajstić information content (AvgIpc) is 2.93. The van der Waals surface area contributed by atoms with E-state index < -0.39 is 5.97 Å². The third-order valence-corrected chi connectivity index (χ3v) is 5.03. The zero-order chi connectivity index (χ0) is 14.1. The Morgan fingerprint density at radius 1 is 1.05 bits per heavy atom. The summed E-state index contributed by atoms with van der Waals surface area (Å²) in [4.78, 5) is 27.3. The Labute approximate surface area is 119 Å². The van der Waals surface area contributed by atoms with Gasteiger partial charge in [-0.1, -0.05) is 12.8 Å². The first-order chi connectivity index (χ1) is 9.66. The number of carbonyl (C=O) groups excluding carboxylic acids is 1. The third kappa shape index (κ3) is 2.76. The molecule has 2 saturated carbocycles. The molecular formula is C15H24N2O3. The summed E-state index contributed by atoms with van der Waals surface area (Å²) < 4.78 is 0. The first-order valence-corrected chi connectivity index (χ1v) is 7.96. The van der Waals surface area contributed by atoms with Crippen molar-refractivity contribution in [2.24, 2.45) is 5.92 Å². The zero-order valence-electron chi connectivity index (χ0n) is 12.0. The summed E-state index contributed by atoms with van der Waals surface area (Å²) in [6.07, 6.45) is 9.12. The lowest BCUT2D eigenvalue weighted by Crippen LogP contribution is -2.49. The summed E-state index contributed by atoms with van der Waals surface area (Å²) in [5.41, 5.74) is 0. The van der Waals surface area contributed by atoms with E-state index in [1.807, 2.05) is 4.90 Å². The SMILES string of the molecule is O=C(O)CN(C(=O)N1CCCC1C1CCCC1)C1CC1. The highest BCUT2D eigenvalue weighted by Crippen LogP contribution is 2.37. The van der Waals surface area contributed by atoms with Gasteiger partial charge in [-0.05, 0) is 44.4 Å². The predicted octanol–water partition coefficient (Wildman–Crippen LogP) is 2.31. The van der Waals surface area contributed by atoms with Crippen LogP contribution in [0.2, 0.25) is 0 Å². The van der Waals surface area contributed by atoms with E-state index in [1.165, 1.54) is 25.7 Å². The number of rotatable bonds is 4. The molecule has 1 aliphatic heterocycles. The monoisotopic (exact) mass is 280 g/mol. The van der Waals surface area contributed by atoms with Crippen LogP contribution in [0.1, 0.15) is 51.4 Å². The van der Waals surface area contributed by atoms with Crippen molar-refractivity contribution in [2.75, 3.05) is 13.1 Å². The zero-order valence-corrected chi connectivity index (χ0v) is 12.0. The molecule has 20 heavy (non-hydrogen) atoms. The van der Waals surface area contributed by atoms with Crippen LogP contribution in [0.25, 0.3) is 0 Å². The minimum Gasteiger partial charge on any atom is -0.480 e. The summed E-state index contributed by atoms with van der Waals surface area (Å²) in [5.74, 6) is -0.255. The van der Waals surface area contributed by atoms with Gasteiger partial charge in [0.15, 0.2) is 0 Å². The molecule has 1 unspecified atom stereocenters. The van der Waals surface area contributed by atoms with Crippen LogP contribution in [0.5, 0.6) is 0 Å². The molecular weight excluding hydrogens is 256 g/mol. The molecule has 1 saturated heterocycles. The molecule has 0 spiro atoms. The van der Waals surface area contributed by atoms with Crippen LogP contribution in [0.15, 0.2) is 0 Å². The van der Waals surface area contributed by atoms with Gasteiger partial charge in [-0.3, -0.25) is 4.79 Å². The van der Waals surface area contributed by atoms with Crippen LogP contribution >= 0.6 is 0 Å². The van der Waals surface area contributed by atoms with Gasteiger partial charge >= 0.3 is 12.0 Å². The fourth-order valence-corrected chi connectivity index (χ4v) is 3.91. The number of carboxylic acid groups (broad SMARTS) is 1. The van der Waals surface area contributed by atoms with Crippen molar-refractivity contribution in [1.82, 2.24) is 9.80 Å². The lowest BCUT2D eigenvalue weighted by Gasteiger charge is -2.34. The number of carboxylic acids is 1. The number of hydrogen-bond donors (Lipinski definition) is 1. The highest BCUT2D eigenvalue weighted by Gasteiger charge is 2.41. The molecule has 1 heterocycles. The molecule has 0 aromatic rings. The number of likely N-dealkylation sites (tertiary alicyclic amines) is 1. The molecule has 1 N–H and O–H groups in total. The fraction of sp³-hybridized carbons (Fsp3) is 0.867. The number of amides is 2. The maximum absolute atomic E-state index is 12.7. The molecule has 0 aromatic carbocycles. The van der Waals surface area contributed by atoms with Gasteiger partial charge in [-0.2, -0.15) is 0 Å². The van der Waals surface area contributed by atoms with Crippen molar-refractivity contribution in [3.05, 3.63) is 0 Å². The smallest absolute Gasteiger partial charge is 0.323 e. The molecule has 2 aliphatic carbocycles. The van der Waals surface area contributed by atoms with Crippen molar-refractivity contribution in [3.63, 3.8) is 0 Å². The van der Waals surface area contributed by atoms with Gasteiger partial charge in [0.25, 0.3) is 0 Å². The molecule has 3 aliphatic rings. The molecule has 0 radical (unpaired) electrons. The average molecular weight is 280 g/mol. The second-order valence-electron chi connectivity index (χ2n) is 6.48. The summed E-state index contributed by atoms with van der Waals surface area (Å²) in [7, 11) is 0.